The molecule has 21 heavy (non-hydrogen) atoms. The number of aromatic amines is 1. The van der Waals surface area contributed by atoms with Gasteiger partial charge in [0.1, 0.15) is 10.6 Å². The van der Waals surface area contributed by atoms with Crippen LogP contribution in [0.3, 0.4) is 0 Å². The largest absolute Gasteiger partial charge is 0.508 e. The number of aromatic nitrogens is 2. The van der Waals surface area contributed by atoms with Crippen LogP contribution in [0.15, 0.2) is 41.6 Å². The minimum absolute atomic E-state index is 0.214. The van der Waals surface area contributed by atoms with E-state index in [4.69, 9.17) is 0 Å². The molecular formula is C14H17N3O3S. The topological polar surface area (TPSA) is 86.3 Å². The Morgan fingerprint density at radius 2 is 1.86 bits per heavy atom. The van der Waals surface area contributed by atoms with Crippen molar-refractivity contribution < 1.29 is 13.5 Å². The van der Waals surface area contributed by atoms with Crippen molar-refractivity contribution in [3.05, 3.63) is 42.2 Å². The molecule has 0 aliphatic carbocycles. The minimum atomic E-state index is -3.43. The maximum atomic E-state index is 12.4. The van der Waals surface area contributed by atoms with E-state index < -0.39 is 10.0 Å². The second-order valence-corrected chi connectivity index (χ2v) is 7.14. The van der Waals surface area contributed by atoms with Crippen molar-refractivity contribution in [1.29, 1.82) is 0 Å². The molecule has 7 heteroatoms. The molecule has 0 unspecified atom stereocenters. The predicted molar refractivity (Wildman–Crippen MR) is 77.4 cm³/mol. The molecule has 2 heterocycles. The van der Waals surface area contributed by atoms with Crippen LogP contribution in [0.25, 0.3) is 0 Å². The third kappa shape index (κ3) is 2.79. The number of nitrogens with one attached hydrogen (secondary N) is 1. The lowest BCUT2D eigenvalue weighted by Gasteiger charge is -2.31. The summed E-state index contributed by atoms with van der Waals surface area (Å²) < 4.78 is 26.2. The second kappa shape index (κ2) is 5.50. The number of phenolic OH excluding ortho intramolecular Hbond substituents is 1. The van der Waals surface area contributed by atoms with Gasteiger partial charge in [0.2, 0.25) is 10.0 Å². The van der Waals surface area contributed by atoms with Crippen LogP contribution in [0.4, 0.5) is 0 Å². The van der Waals surface area contributed by atoms with Crippen molar-refractivity contribution in [1.82, 2.24) is 14.5 Å². The molecule has 6 nitrogen and oxygen atoms in total. The molecular weight excluding hydrogens is 290 g/mol. The number of nitrogens with zero attached hydrogens (tertiary/aromatic N) is 2. The first-order valence-electron chi connectivity index (χ1n) is 6.85. The predicted octanol–water partition coefficient (Wildman–Crippen LogP) is 1.68. The zero-order chi connectivity index (χ0) is 14.9. The van der Waals surface area contributed by atoms with E-state index in [-0.39, 0.29) is 10.6 Å². The number of hydrogen-bond acceptors (Lipinski definition) is 4. The Labute approximate surface area is 123 Å². The molecule has 1 aliphatic rings. The van der Waals surface area contributed by atoms with Crippen molar-refractivity contribution >= 4 is 10.0 Å². The summed E-state index contributed by atoms with van der Waals surface area (Å²) in [5.41, 5.74) is 1.15. The smallest absolute Gasteiger partial charge is 0.246 e. The maximum Gasteiger partial charge on any atom is 0.246 e. The highest BCUT2D eigenvalue weighted by Gasteiger charge is 2.30. The summed E-state index contributed by atoms with van der Waals surface area (Å²) in [5.74, 6) is 0.583. The van der Waals surface area contributed by atoms with Gasteiger partial charge in [-0.05, 0) is 36.5 Å². The quantitative estimate of drug-likeness (QED) is 0.903. The monoisotopic (exact) mass is 307 g/mol. The number of benzene rings is 1. The Bertz CT molecular complexity index is 688. The summed E-state index contributed by atoms with van der Waals surface area (Å²) in [6.45, 7) is 0.998. The third-order valence-corrected chi connectivity index (χ3v) is 5.79. The molecule has 1 aromatic heterocycles. The van der Waals surface area contributed by atoms with E-state index in [9.17, 15) is 13.5 Å². The van der Waals surface area contributed by atoms with Gasteiger partial charge in [0, 0.05) is 19.3 Å². The van der Waals surface area contributed by atoms with E-state index in [0.717, 1.165) is 18.4 Å². The Hall–Kier alpha value is -1.86. The summed E-state index contributed by atoms with van der Waals surface area (Å²) in [5, 5.41) is 15.5. The highest BCUT2D eigenvalue weighted by atomic mass is 32.2. The molecule has 0 amide bonds. The van der Waals surface area contributed by atoms with Crippen molar-refractivity contribution in [2.75, 3.05) is 13.1 Å². The first-order valence-corrected chi connectivity index (χ1v) is 8.29. The van der Waals surface area contributed by atoms with Crippen LogP contribution in [0, 0.1) is 0 Å². The number of phenols is 1. The van der Waals surface area contributed by atoms with E-state index in [1.54, 1.807) is 12.1 Å². The van der Waals surface area contributed by atoms with Crippen LogP contribution in [0.5, 0.6) is 5.75 Å². The molecule has 0 radical (unpaired) electrons. The Balaban J connectivity index is 1.69. The van der Waals surface area contributed by atoms with Crippen molar-refractivity contribution in [2.24, 2.45) is 0 Å². The maximum absolute atomic E-state index is 12.4. The van der Waals surface area contributed by atoms with Crippen molar-refractivity contribution in [2.45, 2.75) is 23.7 Å². The lowest BCUT2D eigenvalue weighted by molar-refractivity contribution is 0.319. The van der Waals surface area contributed by atoms with Gasteiger partial charge in [0.15, 0.2) is 0 Å². The standard InChI is InChI=1S/C14H17N3O3S/c18-13-3-1-11(2-4-13)12-5-7-17(8-6-12)21(19,20)14-9-15-16-10-14/h1-4,9-10,12,18H,5-8H2,(H,15,16). The second-order valence-electron chi connectivity index (χ2n) is 5.20. The number of rotatable bonds is 3. The number of piperidine rings is 1. The Morgan fingerprint density at radius 3 is 2.43 bits per heavy atom. The van der Waals surface area contributed by atoms with Crippen LogP contribution < -0.4 is 0 Å². The zero-order valence-electron chi connectivity index (χ0n) is 11.4. The van der Waals surface area contributed by atoms with Crippen molar-refractivity contribution in [3.8, 4) is 5.75 Å². The first-order chi connectivity index (χ1) is 10.1. The average molecular weight is 307 g/mol. The summed E-state index contributed by atoms with van der Waals surface area (Å²) in [6, 6.07) is 7.15. The van der Waals surface area contributed by atoms with Gasteiger partial charge in [-0.2, -0.15) is 9.40 Å². The Morgan fingerprint density at radius 1 is 1.19 bits per heavy atom. The van der Waals surface area contributed by atoms with Crippen molar-refractivity contribution in [3.63, 3.8) is 0 Å². The van der Waals surface area contributed by atoms with Crippen LogP contribution >= 0.6 is 0 Å². The van der Waals surface area contributed by atoms with E-state index >= 15 is 0 Å². The summed E-state index contributed by atoms with van der Waals surface area (Å²) in [4.78, 5) is 0.214. The van der Waals surface area contributed by atoms with Crippen LogP contribution in [0.1, 0.15) is 24.3 Å². The Kier molecular flexibility index (Phi) is 3.69. The fraction of sp³-hybridized carbons (Fsp3) is 0.357. The van der Waals surface area contributed by atoms with Gasteiger partial charge in [-0.1, -0.05) is 12.1 Å². The molecule has 1 aromatic carbocycles. The molecule has 1 fully saturated rings. The van der Waals surface area contributed by atoms with E-state index in [2.05, 4.69) is 10.2 Å². The van der Waals surface area contributed by atoms with Crippen LogP contribution in [-0.2, 0) is 10.0 Å². The molecule has 0 atom stereocenters. The van der Waals surface area contributed by atoms with Gasteiger partial charge in [-0.15, -0.1) is 0 Å². The summed E-state index contributed by atoms with van der Waals surface area (Å²) in [7, 11) is -3.43. The van der Waals surface area contributed by atoms with E-state index in [0.29, 0.717) is 19.0 Å². The van der Waals surface area contributed by atoms with E-state index in [1.165, 1.54) is 16.7 Å². The molecule has 112 valence electrons. The van der Waals surface area contributed by atoms with Gasteiger partial charge in [-0.25, -0.2) is 8.42 Å². The van der Waals surface area contributed by atoms with Gasteiger partial charge in [-0.3, -0.25) is 5.10 Å². The number of H-pyrrole nitrogens is 1. The fourth-order valence-electron chi connectivity index (χ4n) is 2.71. The molecule has 2 N–H and O–H groups in total. The van der Waals surface area contributed by atoms with Gasteiger partial charge >= 0.3 is 0 Å². The van der Waals surface area contributed by atoms with Gasteiger partial charge in [0.25, 0.3) is 0 Å². The lowest BCUT2D eigenvalue weighted by atomic mass is 9.90. The minimum Gasteiger partial charge on any atom is -0.508 e. The van der Waals surface area contributed by atoms with Gasteiger partial charge in [0.05, 0.1) is 6.20 Å². The molecule has 0 spiro atoms. The number of sulfonamides is 1. The molecule has 3 rings (SSSR count). The molecule has 1 aliphatic heterocycles. The van der Waals surface area contributed by atoms with E-state index in [1.807, 2.05) is 12.1 Å². The number of hydrogen-bond donors (Lipinski definition) is 2. The summed E-state index contributed by atoms with van der Waals surface area (Å²) >= 11 is 0. The molecule has 1 saturated heterocycles. The van der Waals surface area contributed by atoms with Crippen LogP contribution in [0.2, 0.25) is 0 Å². The fourth-order valence-corrected chi connectivity index (χ4v) is 4.08. The number of aromatic hydroxyl groups is 1. The third-order valence-electron chi connectivity index (χ3n) is 3.93. The normalized spacial score (nSPS) is 17.9. The average Bonchev–Trinajstić information content (AvgIpc) is 3.03. The van der Waals surface area contributed by atoms with Gasteiger partial charge < -0.3 is 5.11 Å². The summed E-state index contributed by atoms with van der Waals surface area (Å²) in [6.07, 6.45) is 4.30. The SMILES string of the molecule is O=S(=O)(c1cn[nH]c1)N1CCC(c2ccc(O)cc2)CC1. The lowest BCUT2D eigenvalue weighted by Crippen LogP contribution is -2.37. The zero-order valence-corrected chi connectivity index (χ0v) is 12.3. The molecule has 2 aromatic rings. The molecule has 0 saturated carbocycles. The highest BCUT2D eigenvalue weighted by Crippen LogP contribution is 2.31. The highest BCUT2D eigenvalue weighted by molar-refractivity contribution is 7.89. The molecule has 0 bridgehead atoms. The van der Waals surface area contributed by atoms with Crippen LogP contribution in [-0.4, -0.2) is 41.1 Å². The first kappa shape index (κ1) is 14.1.